The van der Waals surface area contributed by atoms with Crippen LogP contribution in [0.2, 0.25) is 0 Å². The topological polar surface area (TPSA) is 121 Å². The Morgan fingerprint density at radius 3 is 2.40 bits per heavy atom. The fraction of sp³-hybridized carbons (Fsp3) is 0.571. The second-order valence-corrected chi connectivity index (χ2v) is 4.60. The van der Waals surface area contributed by atoms with Crippen LogP contribution in [0.1, 0.15) is 6.42 Å². The van der Waals surface area contributed by atoms with E-state index in [0.29, 0.717) is 0 Å². The normalized spacial score (nSPS) is 15.1. The second-order valence-electron chi connectivity index (χ2n) is 2.95. The van der Waals surface area contributed by atoms with E-state index in [1.54, 1.807) is 0 Å². The lowest BCUT2D eigenvalue weighted by molar-refractivity contribution is -0.137. The van der Waals surface area contributed by atoms with E-state index in [9.17, 15) is 13.8 Å². The Labute approximate surface area is 85.8 Å². The largest absolute Gasteiger partial charge is 0.480 e. The fourth-order valence-corrected chi connectivity index (χ4v) is 1.72. The van der Waals surface area contributed by atoms with Crippen LogP contribution >= 0.6 is 7.60 Å². The molecule has 0 aliphatic heterocycles. The number of alkyl halides is 1. The summed E-state index contributed by atoms with van der Waals surface area (Å²) in [6.45, 7) is -0.821. The van der Waals surface area contributed by atoms with Crippen molar-refractivity contribution in [1.82, 2.24) is 0 Å². The zero-order valence-electron chi connectivity index (χ0n) is 7.84. The van der Waals surface area contributed by atoms with E-state index in [2.05, 4.69) is 0 Å². The number of allylic oxidation sites excluding steroid dienone is 1. The molecule has 0 heterocycles. The van der Waals surface area contributed by atoms with Crippen LogP contribution in [0, 0.1) is 0 Å². The highest BCUT2D eigenvalue weighted by Gasteiger charge is 2.18. The molecule has 0 fully saturated rings. The first-order chi connectivity index (χ1) is 6.76. The van der Waals surface area contributed by atoms with Crippen LogP contribution < -0.4 is 5.73 Å². The Morgan fingerprint density at radius 2 is 2.07 bits per heavy atom. The molecular weight excluding hydrogens is 228 g/mol. The van der Waals surface area contributed by atoms with Crippen molar-refractivity contribution in [3.8, 4) is 0 Å². The number of rotatable bonds is 6. The average molecular weight is 241 g/mol. The summed E-state index contributed by atoms with van der Waals surface area (Å²) in [5.74, 6) is -1.34. The van der Waals surface area contributed by atoms with Crippen LogP contribution in [0.5, 0.6) is 0 Å². The molecule has 88 valence electrons. The molecule has 0 rings (SSSR count). The quantitative estimate of drug-likeness (QED) is 0.379. The van der Waals surface area contributed by atoms with Crippen molar-refractivity contribution in [2.45, 2.75) is 12.5 Å². The number of carbonyl (C=O) groups is 1. The van der Waals surface area contributed by atoms with Gasteiger partial charge in [0.2, 0.25) is 0 Å². The number of carboxylic acid groups (broad SMARTS) is 1. The molecule has 0 aromatic rings. The highest BCUT2D eigenvalue weighted by Crippen LogP contribution is 2.37. The maximum atomic E-state index is 12.0. The smallest absolute Gasteiger partial charge is 0.329 e. The fourth-order valence-electron chi connectivity index (χ4n) is 0.926. The first-order valence-electron chi connectivity index (χ1n) is 4.04. The van der Waals surface area contributed by atoms with Crippen molar-refractivity contribution in [3.05, 3.63) is 11.6 Å². The summed E-state index contributed by atoms with van der Waals surface area (Å²) >= 11 is 0. The Bertz CT molecular complexity index is 300. The third-order valence-electron chi connectivity index (χ3n) is 1.53. The highest BCUT2D eigenvalue weighted by molar-refractivity contribution is 7.52. The lowest BCUT2D eigenvalue weighted by atomic mass is 10.1. The molecule has 15 heavy (non-hydrogen) atoms. The number of halogens is 1. The average Bonchev–Trinajstić information content (AvgIpc) is 2.00. The molecule has 6 nitrogen and oxygen atoms in total. The Morgan fingerprint density at radius 1 is 1.53 bits per heavy atom. The van der Waals surface area contributed by atoms with Crippen LogP contribution in [0.15, 0.2) is 11.6 Å². The first kappa shape index (κ1) is 14.2. The molecule has 0 saturated carbocycles. The van der Waals surface area contributed by atoms with Gasteiger partial charge in [-0.25, -0.2) is 0 Å². The minimum atomic E-state index is -4.32. The van der Waals surface area contributed by atoms with E-state index in [1.165, 1.54) is 0 Å². The standard InChI is InChI=1S/C7H13FNO5P/c8-2-1-5(4-15(12,13)14)3-6(9)7(10)11/h3,6H,1-2,4,9H2,(H,10,11)(H2,12,13,14). The minimum Gasteiger partial charge on any atom is -0.480 e. The van der Waals surface area contributed by atoms with Gasteiger partial charge in [-0.1, -0.05) is 11.6 Å². The van der Waals surface area contributed by atoms with Crippen molar-refractivity contribution < 1.29 is 28.6 Å². The maximum absolute atomic E-state index is 12.0. The molecule has 0 aromatic heterocycles. The van der Waals surface area contributed by atoms with E-state index >= 15 is 0 Å². The molecule has 1 unspecified atom stereocenters. The molecule has 0 aliphatic rings. The summed E-state index contributed by atoms with van der Waals surface area (Å²) in [5.41, 5.74) is 5.13. The maximum Gasteiger partial charge on any atom is 0.329 e. The molecular formula is C7H13FNO5P. The van der Waals surface area contributed by atoms with Gasteiger partial charge >= 0.3 is 13.6 Å². The molecule has 0 aliphatic carbocycles. The predicted molar refractivity (Wildman–Crippen MR) is 51.2 cm³/mol. The number of nitrogens with two attached hydrogens (primary N) is 1. The molecule has 0 amide bonds. The summed E-state index contributed by atoms with van der Waals surface area (Å²) in [4.78, 5) is 27.6. The van der Waals surface area contributed by atoms with E-state index in [-0.39, 0.29) is 12.0 Å². The Hall–Kier alpha value is -0.750. The van der Waals surface area contributed by atoms with Crippen molar-refractivity contribution in [1.29, 1.82) is 0 Å². The van der Waals surface area contributed by atoms with Crippen molar-refractivity contribution >= 4 is 13.6 Å². The monoisotopic (exact) mass is 241 g/mol. The van der Waals surface area contributed by atoms with E-state index in [4.69, 9.17) is 20.6 Å². The van der Waals surface area contributed by atoms with Crippen LogP contribution in [0.4, 0.5) is 4.39 Å². The molecule has 8 heteroatoms. The third kappa shape index (κ3) is 7.21. The van der Waals surface area contributed by atoms with Gasteiger partial charge in [-0.3, -0.25) is 13.8 Å². The van der Waals surface area contributed by atoms with Crippen LogP contribution in [-0.4, -0.2) is 39.7 Å². The summed E-state index contributed by atoms with van der Waals surface area (Å²) in [7, 11) is -4.32. The van der Waals surface area contributed by atoms with Gasteiger partial charge in [-0.05, 0) is 6.42 Å². The molecule has 0 bridgehead atoms. The highest BCUT2D eigenvalue weighted by atomic mass is 31.2. The van der Waals surface area contributed by atoms with Gasteiger partial charge in [0.1, 0.15) is 6.04 Å². The van der Waals surface area contributed by atoms with Crippen molar-refractivity contribution in [2.75, 3.05) is 12.8 Å². The van der Waals surface area contributed by atoms with Gasteiger partial charge in [-0.2, -0.15) is 0 Å². The summed E-state index contributed by atoms with van der Waals surface area (Å²) < 4.78 is 22.6. The number of hydrogen-bond acceptors (Lipinski definition) is 3. The first-order valence-corrected chi connectivity index (χ1v) is 5.84. The molecule has 0 aromatic carbocycles. The van der Waals surface area contributed by atoms with E-state index < -0.39 is 32.4 Å². The van der Waals surface area contributed by atoms with Crippen molar-refractivity contribution in [3.63, 3.8) is 0 Å². The van der Waals surface area contributed by atoms with E-state index in [0.717, 1.165) is 6.08 Å². The molecule has 1 atom stereocenters. The Kier molecular flexibility index (Phi) is 5.67. The molecule has 0 spiro atoms. The minimum absolute atomic E-state index is 0.0146. The lowest BCUT2D eigenvalue weighted by Gasteiger charge is -2.09. The zero-order chi connectivity index (χ0) is 12.1. The van der Waals surface area contributed by atoms with Crippen LogP contribution in [0.3, 0.4) is 0 Å². The number of hydrogen-bond donors (Lipinski definition) is 4. The molecule has 0 radical (unpaired) electrons. The van der Waals surface area contributed by atoms with Gasteiger partial charge in [0.05, 0.1) is 12.8 Å². The third-order valence-corrected chi connectivity index (χ3v) is 2.34. The molecule has 0 saturated heterocycles. The van der Waals surface area contributed by atoms with Gasteiger partial charge < -0.3 is 20.6 Å². The van der Waals surface area contributed by atoms with Crippen LogP contribution in [0.25, 0.3) is 0 Å². The number of carboxylic acids is 1. The number of aliphatic carboxylic acids is 1. The SMILES string of the molecule is NC(C=C(CCF)CP(=O)(O)O)C(=O)O. The van der Waals surface area contributed by atoms with E-state index in [1.807, 2.05) is 0 Å². The van der Waals surface area contributed by atoms with Gasteiger partial charge in [0, 0.05) is 0 Å². The van der Waals surface area contributed by atoms with Crippen LogP contribution in [-0.2, 0) is 9.36 Å². The van der Waals surface area contributed by atoms with Gasteiger partial charge in [-0.15, -0.1) is 0 Å². The zero-order valence-corrected chi connectivity index (χ0v) is 8.73. The van der Waals surface area contributed by atoms with Gasteiger partial charge in [0.25, 0.3) is 0 Å². The summed E-state index contributed by atoms with van der Waals surface area (Å²) in [6, 6.07) is -1.38. The summed E-state index contributed by atoms with van der Waals surface area (Å²) in [6.07, 6.45) is 0.0605. The van der Waals surface area contributed by atoms with Crippen molar-refractivity contribution in [2.24, 2.45) is 5.73 Å². The Balaban J connectivity index is 4.65. The predicted octanol–water partition coefficient (Wildman–Crippen LogP) is -0.138. The van der Waals surface area contributed by atoms with Gasteiger partial charge in [0.15, 0.2) is 0 Å². The summed E-state index contributed by atoms with van der Waals surface area (Å²) in [5, 5.41) is 8.44. The lowest BCUT2D eigenvalue weighted by Crippen LogP contribution is -2.28. The molecule has 5 N–H and O–H groups in total. The second kappa shape index (κ2) is 5.97.